The Morgan fingerprint density at radius 3 is 2.42 bits per heavy atom. The minimum atomic E-state index is -1.44. The largest absolute Gasteiger partial charge is 0.511 e. The van der Waals surface area contributed by atoms with Gasteiger partial charge in [0.25, 0.3) is 5.79 Å². The van der Waals surface area contributed by atoms with Crippen LogP contribution in [0.3, 0.4) is 0 Å². The lowest BCUT2D eigenvalue weighted by molar-refractivity contribution is -0.178. The van der Waals surface area contributed by atoms with E-state index in [2.05, 4.69) is 39.6 Å². The van der Waals surface area contributed by atoms with E-state index in [1.165, 1.54) is 0 Å². The maximum Gasteiger partial charge on any atom is 0.511 e. The van der Waals surface area contributed by atoms with Crippen molar-refractivity contribution in [2.24, 2.45) is 0 Å². The zero-order valence-electron chi connectivity index (χ0n) is 13.1. The zero-order valence-corrected chi connectivity index (χ0v) is 14.1. The summed E-state index contributed by atoms with van der Waals surface area (Å²) in [5, 5.41) is 0.309. The molecule has 0 spiro atoms. The fourth-order valence-corrected chi connectivity index (χ4v) is 2.66. The van der Waals surface area contributed by atoms with Crippen molar-refractivity contribution in [3.8, 4) is 0 Å². The number of rotatable bonds is 4. The summed E-state index contributed by atoms with van der Waals surface area (Å²) in [7, 11) is -1.44. The molecule has 0 aliphatic carbocycles. The Kier molecular flexibility index (Phi) is 4.52. The number of carbonyl (C=O) groups is 1. The molecule has 0 amide bonds. The van der Waals surface area contributed by atoms with Gasteiger partial charge in [-0.05, 0) is 12.0 Å². The summed E-state index contributed by atoms with van der Waals surface area (Å²) < 4.78 is 15.6. The molecule has 19 heavy (non-hydrogen) atoms. The molecule has 0 aromatic heterocycles. The van der Waals surface area contributed by atoms with Crippen LogP contribution in [0.15, 0.2) is 11.8 Å². The summed E-state index contributed by atoms with van der Waals surface area (Å²) >= 11 is 0. The lowest BCUT2D eigenvalue weighted by Crippen LogP contribution is -2.38. The van der Waals surface area contributed by atoms with Crippen molar-refractivity contribution < 1.29 is 19.0 Å². The summed E-state index contributed by atoms with van der Waals surface area (Å²) in [4.78, 5) is 11.1. The van der Waals surface area contributed by atoms with E-state index in [4.69, 9.17) is 14.2 Å². The van der Waals surface area contributed by atoms with Gasteiger partial charge in [0.1, 0.15) is 0 Å². The molecule has 0 aromatic rings. The van der Waals surface area contributed by atoms with Gasteiger partial charge < -0.3 is 14.2 Å². The highest BCUT2D eigenvalue weighted by Crippen LogP contribution is 2.36. The van der Waals surface area contributed by atoms with E-state index in [0.29, 0.717) is 11.6 Å². The smallest absolute Gasteiger partial charge is 0.424 e. The molecule has 0 bridgehead atoms. The minimum Gasteiger partial charge on any atom is -0.424 e. The fourth-order valence-electron chi connectivity index (χ4n) is 1.48. The Morgan fingerprint density at radius 1 is 1.42 bits per heavy atom. The van der Waals surface area contributed by atoms with E-state index in [9.17, 15) is 4.79 Å². The fraction of sp³-hybridized carbons (Fsp3) is 0.786. The quantitative estimate of drug-likeness (QED) is 0.581. The molecule has 4 nitrogen and oxygen atoms in total. The van der Waals surface area contributed by atoms with Gasteiger partial charge in [-0.2, -0.15) is 0 Å². The first kappa shape index (κ1) is 16.2. The van der Waals surface area contributed by atoms with E-state index < -0.39 is 20.0 Å². The Balaban J connectivity index is 2.53. The average molecular weight is 286 g/mol. The molecule has 0 N–H and O–H groups in total. The van der Waals surface area contributed by atoms with Crippen molar-refractivity contribution in [3.63, 3.8) is 0 Å². The molecule has 110 valence electrons. The van der Waals surface area contributed by atoms with Gasteiger partial charge in [0, 0.05) is 6.92 Å². The van der Waals surface area contributed by atoms with Crippen molar-refractivity contribution in [1.82, 2.24) is 0 Å². The first-order valence-corrected chi connectivity index (χ1v) is 9.77. The number of hydrogen-bond acceptors (Lipinski definition) is 4. The highest BCUT2D eigenvalue weighted by molar-refractivity contribution is 6.84. The number of cyclic esters (lactones) is 2. The Bertz CT molecular complexity index is 370. The molecule has 1 heterocycles. The number of ether oxygens (including phenoxy) is 3. The SMILES string of the molecule is CC1OC(=O)OC1(C)OCC=C[Si](C)(C)C(C)(C)C. The molecular weight excluding hydrogens is 260 g/mol. The normalized spacial score (nSPS) is 28.6. The van der Waals surface area contributed by atoms with Crippen LogP contribution in [-0.4, -0.2) is 32.7 Å². The average Bonchev–Trinajstić information content (AvgIpc) is 2.46. The predicted molar refractivity (Wildman–Crippen MR) is 77.7 cm³/mol. The molecule has 1 rings (SSSR count). The van der Waals surface area contributed by atoms with Crippen molar-refractivity contribution >= 4 is 14.2 Å². The summed E-state index contributed by atoms with van der Waals surface area (Å²) in [6.07, 6.45) is 0.978. The molecule has 1 saturated heterocycles. The van der Waals surface area contributed by atoms with Gasteiger partial charge in [0.2, 0.25) is 0 Å². The summed E-state index contributed by atoms with van der Waals surface area (Å²) in [5.74, 6) is -0.977. The Morgan fingerprint density at radius 2 is 2.00 bits per heavy atom. The third-order valence-electron chi connectivity index (χ3n) is 4.23. The van der Waals surface area contributed by atoms with Gasteiger partial charge in [0.05, 0.1) is 14.7 Å². The molecule has 0 saturated carbocycles. The number of carbonyl (C=O) groups excluding carboxylic acids is 1. The molecule has 0 aromatic carbocycles. The Hall–Kier alpha value is -0.813. The Labute approximate surface area is 117 Å². The second-order valence-corrected chi connectivity index (χ2v) is 12.1. The van der Waals surface area contributed by atoms with Crippen LogP contribution in [-0.2, 0) is 14.2 Å². The van der Waals surface area contributed by atoms with Crippen molar-refractivity contribution in [2.75, 3.05) is 6.61 Å². The zero-order chi connectivity index (χ0) is 14.9. The van der Waals surface area contributed by atoms with Crippen LogP contribution in [0.4, 0.5) is 4.79 Å². The molecule has 1 aliphatic heterocycles. The van der Waals surface area contributed by atoms with Crippen molar-refractivity contribution in [1.29, 1.82) is 0 Å². The van der Waals surface area contributed by atoms with Gasteiger partial charge in [-0.15, -0.1) is 0 Å². The third-order valence-corrected chi connectivity index (χ3v) is 9.17. The van der Waals surface area contributed by atoms with Crippen LogP contribution in [0, 0.1) is 0 Å². The molecule has 1 fully saturated rings. The second kappa shape index (κ2) is 5.29. The summed E-state index contributed by atoms with van der Waals surface area (Å²) in [6.45, 7) is 15.4. The third kappa shape index (κ3) is 3.83. The van der Waals surface area contributed by atoms with Crippen molar-refractivity contribution in [2.45, 2.75) is 64.6 Å². The van der Waals surface area contributed by atoms with E-state index >= 15 is 0 Å². The molecular formula is C14H26O4Si. The van der Waals surface area contributed by atoms with Gasteiger partial charge in [-0.25, -0.2) is 4.79 Å². The van der Waals surface area contributed by atoms with E-state index in [-0.39, 0.29) is 6.10 Å². The van der Waals surface area contributed by atoms with Gasteiger partial charge in [-0.1, -0.05) is 45.6 Å². The summed E-state index contributed by atoms with van der Waals surface area (Å²) in [5.41, 5.74) is 2.28. The van der Waals surface area contributed by atoms with Crippen LogP contribution in [0.1, 0.15) is 34.6 Å². The van der Waals surface area contributed by atoms with Gasteiger partial charge >= 0.3 is 6.16 Å². The van der Waals surface area contributed by atoms with Gasteiger partial charge in [-0.3, -0.25) is 0 Å². The van der Waals surface area contributed by atoms with E-state index in [1.807, 2.05) is 6.08 Å². The maximum absolute atomic E-state index is 11.1. The van der Waals surface area contributed by atoms with Crippen LogP contribution in [0.5, 0.6) is 0 Å². The predicted octanol–water partition coefficient (Wildman–Crippen LogP) is 3.88. The van der Waals surface area contributed by atoms with Gasteiger partial charge in [0.15, 0.2) is 6.10 Å². The lowest BCUT2D eigenvalue weighted by atomic mass is 10.2. The number of hydrogen-bond donors (Lipinski definition) is 0. The molecule has 0 radical (unpaired) electrons. The van der Waals surface area contributed by atoms with E-state index in [0.717, 1.165) is 0 Å². The molecule has 5 heteroatoms. The molecule has 1 aliphatic rings. The first-order chi connectivity index (χ1) is 8.48. The van der Waals surface area contributed by atoms with Crippen LogP contribution in [0.25, 0.3) is 0 Å². The monoisotopic (exact) mass is 286 g/mol. The van der Waals surface area contributed by atoms with Crippen LogP contribution >= 0.6 is 0 Å². The topological polar surface area (TPSA) is 44.8 Å². The minimum absolute atomic E-state index is 0.309. The van der Waals surface area contributed by atoms with Crippen LogP contribution < -0.4 is 0 Å². The maximum atomic E-state index is 11.1. The summed E-state index contributed by atoms with van der Waals surface area (Å²) in [6, 6.07) is 0. The molecule has 2 atom stereocenters. The highest BCUT2D eigenvalue weighted by Gasteiger charge is 2.46. The highest BCUT2D eigenvalue weighted by atomic mass is 28.3. The molecule has 2 unspecified atom stereocenters. The lowest BCUT2D eigenvalue weighted by Gasteiger charge is -2.34. The van der Waals surface area contributed by atoms with Crippen LogP contribution in [0.2, 0.25) is 18.1 Å². The second-order valence-electron chi connectivity index (χ2n) is 6.81. The standard InChI is InChI=1S/C14H26O4Si/c1-11-14(5,18-12(15)17-11)16-9-8-10-19(6,7)13(2,3)4/h8,10-11H,9H2,1-7H3. The van der Waals surface area contributed by atoms with E-state index in [1.54, 1.807) is 13.8 Å². The van der Waals surface area contributed by atoms with Crippen molar-refractivity contribution in [3.05, 3.63) is 11.8 Å². The first-order valence-electron chi connectivity index (χ1n) is 6.69.